The van der Waals surface area contributed by atoms with Gasteiger partial charge in [-0.15, -0.1) is 0 Å². The topological polar surface area (TPSA) is 114 Å². The average molecular weight is 405 g/mol. The van der Waals surface area contributed by atoms with Gasteiger partial charge in [-0.1, -0.05) is 6.07 Å². The summed E-state index contributed by atoms with van der Waals surface area (Å²) in [6, 6.07) is 8.40. The summed E-state index contributed by atoms with van der Waals surface area (Å²) in [5.74, 6) is 0.577. The van der Waals surface area contributed by atoms with E-state index in [1.165, 1.54) is 13.1 Å². The van der Waals surface area contributed by atoms with Crippen molar-refractivity contribution >= 4 is 48.9 Å². The minimum absolute atomic E-state index is 0.164. The van der Waals surface area contributed by atoms with Gasteiger partial charge in [0.1, 0.15) is 22.4 Å². The third-order valence-electron chi connectivity index (χ3n) is 4.64. The first-order valence-electron chi connectivity index (χ1n) is 8.73. The van der Waals surface area contributed by atoms with E-state index in [1.807, 2.05) is 6.07 Å². The lowest BCUT2D eigenvalue weighted by molar-refractivity contribution is 0.588. The molecule has 29 heavy (non-hydrogen) atoms. The predicted molar refractivity (Wildman–Crippen MR) is 110 cm³/mol. The maximum Gasteiger partial charge on any atom is 0.240 e. The molecule has 0 spiro atoms. The molecule has 10 heteroatoms. The van der Waals surface area contributed by atoms with Crippen molar-refractivity contribution in [1.29, 1.82) is 0 Å². The third-order valence-corrected chi connectivity index (χ3v) is 6.05. The number of pyridine rings is 2. The van der Waals surface area contributed by atoms with Crippen molar-refractivity contribution in [1.82, 2.24) is 29.3 Å². The first-order chi connectivity index (χ1) is 14.1. The number of nitrogens with one attached hydrogen (secondary N) is 2. The highest BCUT2D eigenvalue weighted by molar-refractivity contribution is 7.89. The van der Waals surface area contributed by atoms with Crippen LogP contribution in [0.15, 0.2) is 66.2 Å². The van der Waals surface area contributed by atoms with Crippen LogP contribution in [-0.2, 0) is 10.0 Å². The molecular weight excluding hydrogens is 390 g/mol. The number of sulfonamides is 1. The van der Waals surface area contributed by atoms with Crippen molar-refractivity contribution in [3.63, 3.8) is 0 Å². The molecule has 144 valence electrons. The molecule has 5 rings (SSSR count). The summed E-state index contributed by atoms with van der Waals surface area (Å²) in [6.45, 7) is 0. The fourth-order valence-electron chi connectivity index (χ4n) is 3.23. The van der Waals surface area contributed by atoms with Crippen LogP contribution in [0.2, 0.25) is 0 Å². The molecule has 0 aliphatic carbocycles. The van der Waals surface area contributed by atoms with Crippen LogP contribution in [0.3, 0.4) is 0 Å². The SMILES string of the molecule is CNS(=O)(=O)c1cccc(Nc2nc3c(nn4ccncc34)c3cnccc23)c1. The molecule has 0 saturated carbocycles. The van der Waals surface area contributed by atoms with E-state index in [2.05, 4.69) is 25.1 Å². The van der Waals surface area contributed by atoms with Crippen molar-refractivity contribution in [3.8, 4) is 0 Å². The molecular formula is C19H15N7O2S. The molecule has 0 bridgehead atoms. The molecule has 0 unspecified atom stereocenters. The van der Waals surface area contributed by atoms with E-state index < -0.39 is 10.0 Å². The van der Waals surface area contributed by atoms with Crippen LogP contribution >= 0.6 is 0 Å². The number of aromatic nitrogens is 5. The predicted octanol–water partition coefficient (Wildman–Crippen LogP) is 2.48. The zero-order valence-corrected chi connectivity index (χ0v) is 16.1. The quantitative estimate of drug-likeness (QED) is 0.472. The van der Waals surface area contributed by atoms with E-state index >= 15 is 0 Å². The van der Waals surface area contributed by atoms with E-state index in [4.69, 9.17) is 4.98 Å². The highest BCUT2D eigenvalue weighted by atomic mass is 32.2. The van der Waals surface area contributed by atoms with Gasteiger partial charge in [0.05, 0.1) is 11.1 Å². The smallest absolute Gasteiger partial charge is 0.240 e. The summed E-state index contributed by atoms with van der Waals surface area (Å²) in [5.41, 5.74) is 2.77. The van der Waals surface area contributed by atoms with Crippen LogP contribution in [0, 0.1) is 0 Å². The van der Waals surface area contributed by atoms with Crippen molar-refractivity contribution in [2.75, 3.05) is 12.4 Å². The fraction of sp³-hybridized carbons (Fsp3) is 0.0526. The Hall–Kier alpha value is -3.63. The standard InChI is InChI=1S/C19H15N7O2S/c1-20-29(27,28)13-4-2-3-12(9-13)23-19-14-5-6-21-10-15(14)17-18(24-19)16-11-22-7-8-26(16)25-17/h2-11,20H,1H3,(H,23,24). The van der Waals surface area contributed by atoms with Crippen molar-refractivity contribution in [3.05, 3.63) is 61.3 Å². The number of fused-ring (bicyclic) bond motifs is 5. The van der Waals surface area contributed by atoms with Gasteiger partial charge in [0.25, 0.3) is 0 Å². The minimum atomic E-state index is -3.55. The van der Waals surface area contributed by atoms with Crippen LogP contribution in [-0.4, -0.2) is 40.0 Å². The van der Waals surface area contributed by atoms with Gasteiger partial charge in [-0.05, 0) is 31.3 Å². The van der Waals surface area contributed by atoms with Crippen LogP contribution in [0.25, 0.3) is 27.3 Å². The lowest BCUT2D eigenvalue weighted by Gasteiger charge is -2.11. The van der Waals surface area contributed by atoms with Gasteiger partial charge in [0.2, 0.25) is 10.0 Å². The minimum Gasteiger partial charge on any atom is -0.340 e. The van der Waals surface area contributed by atoms with Crippen LogP contribution in [0.1, 0.15) is 0 Å². The zero-order chi connectivity index (χ0) is 20.0. The molecule has 0 fully saturated rings. The summed E-state index contributed by atoms with van der Waals surface area (Å²) in [7, 11) is -2.17. The molecule has 0 radical (unpaired) electrons. The molecule has 5 aromatic rings. The first kappa shape index (κ1) is 17.5. The largest absolute Gasteiger partial charge is 0.340 e. The van der Waals surface area contributed by atoms with Gasteiger partial charge in [-0.3, -0.25) is 9.97 Å². The second kappa shape index (κ2) is 6.47. The summed E-state index contributed by atoms with van der Waals surface area (Å²) in [4.78, 5) is 13.3. The van der Waals surface area contributed by atoms with Gasteiger partial charge in [0, 0.05) is 41.2 Å². The third kappa shape index (κ3) is 2.85. The van der Waals surface area contributed by atoms with E-state index in [0.29, 0.717) is 17.0 Å². The van der Waals surface area contributed by atoms with E-state index in [-0.39, 0.29) is 4.90 Å². The highest BCUT2D eigenvalue weighted by Crippen LogP contribution is 2.31. The molecule has 0 atom stereocenters. The summed E-state index contributed by atoms with van der Waals surface area (Å²) in [5, 5.41) is 9.51. The Labute approximate surface area is 165 Å². The van der Waals surface area contributed by atoms with E-state index in [9.17, 15) is 8.42 Å². The summed E-state index contributed by atoms with van der Waals surface area (Å²) in [6.07, 6.45) is 8.55. The maximum absolute atomic E-state index is 12.1. The number of anilines is 2. The highest BCUT2D eigenvalue weighted by Gasteiger charge is 2.16. The van der Waals surface area contributed by atoms with E-state index in [1.54, 1.807) is 53.7 Å². The van der Waals surface area contributed by atoms with Crippen molar-refractivity contribution in [2.45, 2.75) is 4.90 Å². The number of hydrogen-bond donors (Lipinski definition) is 2. The lowest BCUT2D eigenvalue weighted by atomic mass is 10.1. The van der Waals surface area contributed by atoms with Gasteiger partial charge >= 0.3 is 0 Å². The van der Waals surface area contributed by atoms with Crippen LogP contribution in [0.4, 0.5) is 11.5 Å². The summed E-state index contributed by atoms with van der Waals surface area (Å²) >= 11 is 0. The first-order valence-corrected chi connectivity index (χ1v) is 10.2. The Bertz CT molecular complexity index is 1500. The second-order valence-corrected chi connectivity index (χ2v) is 8.23. The number of rotatable bonds is 4. The van der Waals surface area contributed by atoms with Gasteiger partial charge in [-0.2, -0.15) is 5.10 Å². The average Bonchev–Trinajstić information content (AvgIpc) is 3.13. The zero-order valence-electron chi connectivity index (χ0n) is 15.2. The molecule has 4 aromatic heterocycles. The Morgan fingerprint density at radius 1 is 1.00 bits per heavy atom. The summed E-state index contributed by atoms with van der Waals surface area (Å²) < 4.78 is 28.3. The van der Waals surface area contributed by atoms with Gasteiger partial charge in [0.15, 0.2) is 0 Å². The second-order valence-electron chi connectivity index (χ2n) is 6.35. The monoisotopic (exact) mass is 405 g/mol. The lowest BCUT2D eigenvalue weighted by Crippen LogP contribution is -2.18. The molecule has 2 N–H and O–H groups in total. The van der Waals surface area contributed by atoms with Crippen molar-refractivity contribution in [2.24, 2.45) is 0 Å². The van der Waals surface area contributed by atoms with E-state index in [0.717, 1.165) is 21.8 Å². The van der Waals surface area contributed by atoms with Crippen molar-refractivity contribution < 1.29 is 8.42 Å². The fourth-order valence-corrected chi connectivity index (χ4v) is 4.01. The Balaban J connectivity index is 1.72. The van der Waals surface area contributed by atoms with Crippen LogP contribution < -0.4 is 10.0 Å². The molecule has 9 nitrogen and oxygen atoms in total. The Morgan fingerprint density at radius 3 is 2.72 bits per heavy atom. The maximum atomic E-state index is 12.1. The number of hydrogen-bond acceptors (Lipinski definition) is 7. The Kier molecular flexibility index (Phi) is 3.89. The van der Waals surface area contributed by atoms with Gasteiger partial charge in [-0.25, -0.2) is 22.6 Å². The van der Waals surface area contributed by atoms with Crippen LogP contribution in [0.5, 0.6) is 0 Å². The Morgan fingerprint density at radius 2 is 1.86 bits per heavy atom. The molecule has 4 heterocycles. The molecule has 0 saturated heterocycles. The molecule has 1 aromatic carbocycles. The molecule has 0 amide bonds. The normalized spacial score (nSPS) is 12.0. The number of benzene rings is 1. The molecule has 0 aliphatic heterocycles. The van der Waals surface area contributed by atoms with Gasteiger partial charge < -0.3 is 5.32 Å². The molecule has 0 aliphatic rings. The number of nitrogens with zero attached hydrogens (tertiary/aromatic N) is 5.